The van der Waals surface area contributed by atoms with Crippen molar-refractivity contribution in [3.63, 3.8) is 0 Å². The van der Waals surface area contributed by atoms with E-state index in [1.54, 1.807) is 11.1 Å². The summed E-state index contributed by atoms with van der Waals surface area (Å²) in [7, 11) is 0. The Bertz CT molecular complexity index is 456. The molecule has 94 valence electrons. The maximum Gasteiger partial charge on any atom is 0.0389 e. The number of hydrogen-bond acceptors (Lipinski definition) is 1. The summed E-state index contributed by atoms with van der Waals surface area (Å²) in [6.45, 7) is 2.30. The Morgan fingerprint density at radius 1 is 1.00 bits per heavy atom. The molecule has 1 nitrogen and oxygen atoms in total. The van der Waals surface area contributed by atoms with Crippen molar-refractivity contribution in [1.29, 1.82) is 0 Å². The van der Waals surface area contributed by atoms with Gasteiger partial charge >= 0.3 is 0 Å². The molecule has 1 aliphatic heterocycles. The molecule has 0 atom stereocenters. The fourth-order valence-corrected chi connectivity index (χ4v) is 2.94. The van der Waals surface area contributed by atoms with Crippen molar-refractivity contribution in [2.45, 2.75) is 32.1 Å². The highest BCUT2D eigenvalue weighted by atomic mass is 15.1. The van der Waals surface area contributed by atoms with E-state index in [1.807, 2.05) is 0 Å². The van der Waals surface area contributed by atoms with Crippen LogP contribution in [-0.2, 0) is 6.42 Å². The van der Waals surface area contributed by atoms with E-state index in [-0.39, 0.29) is 0 Å². The zero-order valence-electron chi connectivity index (χ0n) is 10.9. The van der Waals surface area contributed by atoms with E-state index in [0.29, 0.717) is 0 Å². The van der Waals surface area contributed by atoms with Gasteiger partial charge in [0.15, 0.2) is 0 Å². The molecule has 2 aliphatic rings. The third-order valence-corrected chi connectivity index (χ3v) is 4.04. The fraction of sp³-hybridized carbons (Fsp3) is 0.412. The van der Waals surface area contributed by atoms with Crippen molar-refractivity contribution in [1.82, 2.24) is 4.90 Å². The monoisotopic (exact) mass is 239 g/mol. The van der Waals surface area contributed by atoms with Gasteiger partial charge in [-0.05, 0) is 61.1 Å². The Morgan fingerprint density at radius 2 is 1.83 bits per heavy atom. The molecule has 1 heteroatoms. The highest BCUT2D eigenvalue weighted by Crippen LogP contribution is 2.29. The van der Waals surface area contributed by atoms with Crippen molar-refractivity contribution in [3.8, 4) is 0 Å². The minimum absolute atomic E-state index is 1.14. The van der Waals surface area contributed by atoms with Crippen LogP contribution in [0.15, 0.2) is 53.8 Å². The molecule has 0 bridgehead atoms. The average molecular weight is 239 g/mol. The highest BCUT2D eigenvalue weighted by molar-refractivity contribution is 5.32. The smallest absolute Gasteiger partial charge is 0.0389 e. The predicted molar refractivity (Wildman–Crippen MR) is 76.4 cm³/mol. The van der Waals surface area contributed by atoms with E-state index in [1.165, 1.54) is 37.8 Å². The van der Waals surface area contributed by atoms with Gasteiger partial charge in [0.2, 0.25) is 0 Å². The molecular weight excluding hydrogens is 218 g/mol. The number of benzene rings is 1. The standard InChI is InChI=1S/C17H21N/c1-2-6-15(7-3-1)10-12-18-13-11-16-8-4-5-9-17(16)14-18/h1-3,6-7,11,13H,4-5,8-10,12,14H2. The van der Waals surface area contributed by atoms with Crippen LogP contribution in [0.3, 0.4) is 0 Å². The molecule has 0 fully saturated rings. The second kappa shape index (κ2) is 5.43. The molecule has 0 saturated heterocycles. The Morgan fingerprint density at radius 3 is 2.72 bits per heavy atom. The number of rotatable bonds is 3. The van der Waals surface area contributed by atoms with Gasteiger partial charge in [-0.1, -0.05) is 30.3 Å². The van der Waals surface area contributed by atoms with Crippen LogP contribution in [0.5, 0.6) is 0 Å². The normalized spacial score (nSPS) is 19.0. The van der Waals surface area contributed by atoms with E-state index >= 15 is 0 Å². The minimum Gasteiger partial charge on any atom is -0.373 e. The lowest BCUT2D eigenvalue weighted by Gasteiger charge is -2.30. The van der Waals surface area contributed by atoms with Crippen LogP contribution in [0.25, 0.3) is 0 Å². The van der Waals surface area contributed by atoms with Gasteiger partial charge in [-0.3, -0.25) is 0 Å². The third kappa shape index (κ3) is 2.66. The molecule has 0 saturated carbocycles. The topological polar surface area (TPSA) is 3.24 Å². The van der Waals surface area contributed by atoms with Crippen molar-refractivity contribution in [3.05, 3.63) is 59.3 Å². The second-order valence-electron chi connectivity index (χ2n) is 5.36. The van der Waals surface area contributed by atoms with E-state index in [9.17, 15) is 0 Å². The number of nitrogens with zero attached hydrogens (tertiary/aromatic N) is 1. The lowest BCUT2D eigenvalue weighted by Crippen LogP contribution is -2.26. The summed E-state index contributed by atoms with van der Waals surface area (Å²) in [4.78, 5) is 2.47. The molecule has 1 aliphatic carbocycles. The summed E-state index contributed by atoms with van der Waals surface area (Å²) in [5.74, 6) is 0. The van der Waals surface area contributed by atoms with E-state index in [2.05, 4.69) is 47.5 Å². The van der Waals surface area contributed by atoms with Gasteiger partial charge in [0, 0.05) is 13.1 Å². The summed E-state index contributed by atoms with van der Waals surface area (Å²) in [5.41, 5.74) is 4.75. The predicted octanol–water partition coefficient (Wildman–Crippen LogP) is 3.93. The quantitative estimate of drug-likeness (QED) is 0.772. The lowest BCUT2D eigenvalue weighted by atomic mass is 9.90. The summed E-state index contributed by atoms with van der Waals surface area (Å²) < 4.78 is 0. The first-order valence-electron chi connectivity index (χ1n) is 7.09. The Hall–Kier alpha value is -1.50. The summed E-state index contributed by atoms with van der Waals surface area (Å²) in [6, 6.07) is 10.8. The zero-order chi connectivity index (χ0) is 12.2. The molecule has 0 N–H and O–H groups in total. The maximum absolute atomic E-state index is 2.47. The van der Waals surface area contributed by atoms with Crippen LogP contribution in [0.2, 0.25) is 0 Å². The van der Waals surface area contributed by atoms with Crippen LogP contribution in [0, 0.1) is 0 Å². The van der Waals surface area contributed by atoms with Crippen LogP contribution in [0.1, 0.15) is 31.2 Å². The molecule has 0 radical (unpaired) electrons. The largest absolute Gasteiger partial charge is 0.373 e. The summed E-state index contributed by atoms with van der Waals surface area (Å²) >= 11 is 0. The van der Waals surface area contributed by atoms with Gasteiger partial charge in [-0.15, -0.1) is 0 Å². The molecule has 18 heavy (non-hydrogen) atoms. The first-order valence-corrected chi connectivity index (χ1v) is 7.09. The zero-order valence-corrected chi connectivity index (χ0v) is 10.9. The first-order chi connectivity index (χ1) is 8.92. The van der Waals surface area contributed by atoms with E-state index < -0.39 is 0 Å². The Kier molecular flexibility index (Phi) is 3.49. The van der Waals surface area contributed by atoms with Gasteiger partial charge in [-0.2, -0.15) is 0 Å². The Balaban J connectivity index is 1.57. The lowest BCUT2D eigenvalue weighted by molar-refractivity contribution is 0.391. The minimum atomic E-state index is 1.14. The van der Waals surface area contributed by atoms with Crippen LogP contribution >= 0.6 is 0 Å². The summed E-state index contributed by atoms with van der Waals surface area (Å²) in [6.07, 6.45) is 11.2. The van der Waals surface area contributed by atoms with Crippen molar-refractivity contribution in [2.24, 2.45) is 0 Å². The molecule has 0 unspecified atom stereocenters. The number of hydrogen-bond donors (Lipinski definition) is 0. The molecule has 1 aromatic rings. The maximum atomic E-state index is 2.47. The highest BCUT2D eigenvalue weighted by Gasteiger charge is 2.16. The number of allylic oxidation sites excluding steroid dienone is 2. The molecule has 3 rings (SSSR count). The third-order valence-electron chi connectivity index (χ3n) is 4.04. The van der Waals surface area contributed by atoms with Gasteiger partial charge in [0.25, 0.3) is 0 Å². The fourth-order valence-electron chi connectivity index (χ4n) is 2.94. The van der Waals surface area contributed by atoms with E-state index in [4.69, 9.17) is 0 Å². The molecule has 1 aromatic carbocycles. The van der Waals surface area contributed by atoms with Crippen LogP contribution in [0.4, 0.5) is 0 Å². The molecule has 1 heterocycles. The first kappa shape index (κ1) is 11.6. The second-order valence-corrected chi connectivity index (χ2v) is 5.36. The summed E-state index contributed by atoms with van der Waals surface area (Å²) in [5, 5.41) is 0. The molecule has 0 amide bonds. The van der Waals surface area contributed by atoms with Gasteiger partial charge < -0.3 is 4.90 Å². The average Bonchev–Trinajstić information content (AvgIpc) is 2.46. The molecule has 0 spiro atoms. The van der Waals surface area contributed by atoms with Crippen molar-refractivity contribution < 1.29 is 0 Å². The van der Waals surface area contributed by atoms with E-state index in [0.717, 1.165) is 13.0 Å². The SMILES string of the molecule is C1=CN(CCc2ccccc2)CC2=C1CCCC2. The Labute approximate surface area is 110 Å². The van der Waals surface area contributed by atoms with Crippen molar-refractivity contribution >= 4 is 0 Å². The molecular formula is C17H21N. The molecule has 0 aromatic heterocycles. The van der Waals surface area contributed by atoms with Crippen LogP contribution in [-0.4, -0.2) is 18.0 Å². The van der Waals surface area contributed by atoms with Crippen LogP contribution < -0.4 is 0 Å². The van der Waals surface area contributed by atoms with Gasteiger partial charge in [-0.25, -0.2) is 0 Å². The van der Waals surface area contributed by atoms with Crippen molar-refractivity contribution in [2.75, 3.05) is 13.1 Å². The van der Waals surface area contributed by atoms with Gasteiger partial charge in [0.1, 0.15) is 0 Å². The van der Waals surface area contributed by atoms with Gasteiger partial charge in [0.05, 0.1) is 0 Å².